The third kappa shape index (κ3) is 2.66. The van der Waals surface area contributed by atoms with E-state index in [1.807, 2.05) is 13.0 Å². The second kappa shape index (κ2) is 4.26. The van der Waals surface area contributed by atoms with Crippen LogP contribution < -0.4 is 0 Å². The second-order valence-corrected chi connectivity index (χ2v) is 3.94. The highest BCUT2D eigenvalue weighted by Gasteiger charge is 1.97. The lowest BCUT2D eigenvalue weighted by Crippen LogP contribution is -1.93. The summed E-state index contributed by atoms with van der Waals surface area (Å²) in [4.78, 5) is 4.50. The number of nitrogens with zero attached hydrogens (tertiary/aromatic N) is 1. The lowest BCUT2D eigenvalue weighted by molar-refractivity contribution is 1.04. The molecule has 0 saturated carbocycles. The summed E-state index contributed by atoms with van der Waals surface area (Å²) in [5.74, 6) is 0. The maximum atomic E-state index is 4.50. The third-order valence-electron chi connectivity index (χ3n) is 2.41. The van der Waals surface area contributed by atoms with E-state index in [1.165, 1.54) is 11.1 Å². The van der Waals surface area contributed by atoms with Crippen molar-refractivity contribution < 1.29 is 0 Å². The molecule has 0 fully saturated rings. The summed E-state index contributed by atoms with van der Waals surface area (Å²) in [5.41, 5.74) is 4.86. The van der Waals surface area contributed by atoms with E-state index in [0.717, 1.165) is 17.8 Å². The third-order valence-corrected chi connectivity index (χ3v) is 2.41. The van der Waals surface area contributed by atoms with E-state index < -0.39 is 0 Å². The summed E-state index contributed by atoms with van der Waals surface area (Å²) in [6, 6.07) is 14.7. The molecule has 0 aliphatic carbocycles. The highest BCUT2D eigenvalue weighted by atomic mass is 14.7. The highest BCUT2D eigenvalue weighted by Crippen LogP contribution is 2.09. The molecule has 15 heavy (non-hydrogen) atoms. The van der Waals surface area contributed by atoms with Crippen LogP contribution in [0.5, 0.6) is 0 Å². The minimum Gasteiger partial charge on any atom is -0.258 e. The number of aromatic nitrogens is 1. The molecule has 1 aromatic carbocycles. The first kappa shape index (κ1) is 9.91. The molecule has 0 radical (unpaired) electrons. The lowest BCUT2D eigenvalue weighted by atomic mass is 10.1. The van der Waals surface area contributed by atoms with Gasteiger partial charge in [-0.05, 0) is 31.5 Å². The quantitative estimate of drug-likeness (QED) is 0.720. The molecule has 1 heterocycles. The predicted molar refractivity (Wildman–Crippen MR) is 63.0 cm³/mol. The first-order valence-electron chi connectivity index (χ1n) is 5.22. The van der Waals surface area contributed by atoms with Crippen molar-refractivity contribution in [3.8, 4) is 0 Å². The zero-order valence-electron chi connectivity index (χ0n) is 9.20. The Morgan fingerprint density at radius 1 is 1.00 bits per heavy atom. The Hall–Kier alpha value is -1.63. The van der Waals surface area contributed by atoms with E-state index >= 15 is 0 Å². The van der Waals surface area contributed by atoms with E-state index in [9.17, 15) is 0 Å². The zero-order chi connectivity index (χ0) is 10.7. The molecule has 0 aliphatic rings. The average Bonchev–Trinajstić information content (AvgIpc) is 2.17. The van der Waals surface area contributed by atoms with Crippen LogP contribution in [0.1, 0.15) is 22.5 Å². The van der Waals surface area contributed by atoms with Crippen LogP contribution in [-0.4, -0.2) is 4.98 Å². The molecule has 2 rings (SSSR count). The fourth-order valence-electron chi connectivity index (χ4n) is 1.73. The van der Waals surface area contributed by atoms with Gasteiger partial charge in [0, 0.05) is 17.8 Å². The number of benzene rings is 1. The monoisotopic (exact) mass is 197 g/mol. The first-order valence-corrected chi connectivity index (χ1v) is 5.22. The standard InChI is InChI=1S/C14H15N/c1-11-5-3-7-13(9-11)10-14-8-4-6-12(2)15-14/h3-9H,10H2,1-2H3. The van der Waals surface area contributed by atoms with Crippen LogP contribution in [0.15, 0.2) is 42.5 Å². The van der Waals surface area contributed by atoms with Gasteiger partial charge >= 0.3 is 0 Å². The van der Waals surface area contributed by atoms with Gasteiger partial charge in [0.05, 0.1) is 0 Å². The Morgan fingerprint density at radius 2 is 1.80 bits per heavy atom. The molecule has 0 amide bonds. The first-order chi connectivity index (χ1) is 7.24. The van der Waals surface area contributed by atoms with Crippen molar-refractivity contribution in [3.63, 3.8) is 0 Å². The van der Waals surface area contributed by atoms with Gasteiger partial charge in [0.15, 0.2) is 0 Å². The van der Waals surface area contributed by atoms with Crippen molar-refractivity contribution >= 4 is 0 Å². The SMILES string of the molecule is Cc1cccc(Cc2cccc(C)n2)c1. The Balaban J connectivity index is 2.22. The molecule has 1 nitrogen and oxygen atoms in total. The Bertz CT molecular complexity index is 417. The van der Waals surface area contributed by atoms with Gasteiger partial charge in [-0.3, -0.25) is 4.98 Å². The van der Waals surface area contributed by atoms with Crippen LogP contribution in [0, 0.1) is 13.8 Å². The molecular weight excluding hydrogens is 182 g/mol. The van der Waals surface area contributed by atoms with Gasteiger partial charge in [0.2, 0.25) is 0 Å². The van der Waals surface area contributed by atoms with E-state index in [0.29, 0.717) is 0 Å². The molecule has 0 aliphatic heterocycles. The largest absolute Gasteiger partial charge is 0.258 e. The smallest absolute Gasteiger partial charge is 0.0450 e. The Kier molecular flexibility index (Phi) is 2.82. The topological polar surface area (TPSA) is 12.9 Å². The fourth-order valence-corrected chi connectivity index (χ4v) is 1.73. The van der Waals surface area contributed by atoms with Crippen LogP contribution in [0.25, 0.3) is 0 Å². The molecule has 0 bridgehead atoms. The van der Waals surface area contributed by atoms with E-state index in [4.69, 9.17) is 0 Å². The Labute approximate surface area is 90.8 Å². The van der Waals surface area contributed by atoms with Crippen LogP contribution >= 0.6 is 0 Å². The molecular formula is C14H15N. The summed E-state index contributed by atoms with van der Waals surface area (Å²) >= 11 is 0. The van der Waals surface area contributed by atoms with E-state index in [2.05, 4.69) is 48.3 Å². The van der Waals surface area contributed by atoms with Gasteiger partial charge in [0.1, 0.15) is 0 Å². The summed E-state index contributed by atoms with van der Waals surface area (Å²) < 4.78 is 0. The number of pyridine rings is 1. The average molecular weight is 197 g/mol. The van der Waals surface area contributed by atoms with Gasteiger partial charge in [-0.1, -0.05) is 35.9 Å². The zero-order valence-corrected chi connectivity index (χ0v) is 9.20. The van der Waals surface area contributed by atoms with Crippen LogP contribution in [0.2, 0.25) is 0 Å². The minimum atomic E-state index is 0.920. The van der Waals surface area contributed by atoms with E-state index in [-0.39, 0.29) is 0 Å². The number of hydrogen-bond acceptors (Lipinski definition) is 1. The summed E-state index contributed by atoms with van der Waals surface area (Å²) in [6.45, 7) is 4.15. The normalized spacial score (nSPS) is 10.3. The van der Waals surface area contributed by atoms with Gasteiger partial charge < -0.3 is 0 Å². The van der Waals surface area contributed by atoms with Gasteiger partial charge in [-0.25, -0.2) is 0 Å². The van der Waals surface area contributed by atoms with Crippen molar-refractivity contribution in [1.82, 2.24) is 4.98 Å². The molecule has 0 atom stereocenters. The van der Waals surface area contributed by atoms with Crippen molar-refractivity contribution in [2.24, 2.45) is 0 Å². The lowest BCUT2D eigenvalue weighted by Gasteiger charge is -2.03. The van der Waals surface area contributed by atoms with Gasteiger partial charge in [-0.15, -0.1) is 0 Å². The Morgan fingerprint density at radius 3 is 2.53 bits per heavy atom. The number of aryl methyl sites for hydroxylation is 2. The van der Waals surface area contributed by atoms with Crippen molar-refractivity contribution in [2.45, 2.75) is 20.3 Å². The molecule has 0 saturated heterocycles. The molecule has 0 N–H and O–H groups in total. The van der Waals surface area contributed by atoms with Crippen molar-refractivity contribution in [2.75, 3.05) is 0 Å². The molecule has 76 valence electrons. The number of rotatable bonds is 2. The second-order valence-electron chi connectivity index (χ2n) is 3.94. The summed E-state index contributed by atoms with van der Waals surface area (Å²) in [6.07, 6.45) is 0.920. The predicted octanol–water partition coefficient (Wildman–Crippen LogP) is 3.29. The van der Waals surface area contributed by atoms with Gasteiger partial charge in [-0.2, -0.15) is 0 Å². The van der Waals surface area contributed by atoms with Gasteiger partial charge in [0.25, 0.3) is 0 Å². The van der Waals surface area contributed by atoms with Crippen LogP contribution in [-0.2, 0) is 6.42 Å². The molecule has 2 aromatic rings. The molecule has 0 spiro atoms. The highest BCUT2D eigenvalue weighted by molar-refractivity contribution is 5.26. The molecule has 1 heteroatoms. The van der Waals surface area contributed by atoms with E-state index in [1.54, 1.807) is 0 Å². The molecule has 1 aromatic heterocycles. The summed E-state index contributed by atoms with van der Waals surface area (Å²) in [7, 11) is 0. The maximum Gasteiger partial charge on any atom is 0.0450 e. The summed E-state index contributed by atoms with van der Waals surface area (Å²) in [5, 5.41) is 0. The van der Waals surface area contributed by atoms with Crippen molar-refractivity contribution in [3.05, 3.63) is 65.0 Å². The van der Waals surface area contributed by atoms with Crippen molar-refractivity contribution in [1.29, 1.82) is 0 Å². The number of hydrogen-bond donors (Lipinski definition) is 0. The maximum absolute atomic E-state index is 4.50. The minimum absolute atomic E-state index is 0.920. The molecule has 0 unspecified atom stereocenters. The fraction of sp³-hybridized carbons (Fsp3) is 0.214. The van der Waals surface area contributed by atoms with Crippen LogP contribution in [0.3, 0.4) is 0 Å². The van der Waals surface area contributed by atoms with Crippen LogP contribution in [0.4, 0.5) is 0 Å².